The van der Waals surface area contributed by atoms with Crippen molar-refractivity contribution in [3.05, 3.63) is 156 Å². The van der Waals surface area contributed by atoms with Gasteiger partial charge in [0.05, 0.1) is 84.7 Å². The molecule has 4 aromatic carbocycles. The van der Waals surface area contributed by atoms with E-state index in [1.165, 1.54) is 0 Å². The predicted octanol–water partition coefficient (Wildman–Crippen LogP) is 6.74. The molecule has 4 aromatic rings. The van der Waals surface area contributed by atoms with E-state index in [0.29, 0.717) is 33.8 Å². The lowest BCUT2D eigenvalue weighted by Crippen LogP contribution is -2.43. The Kier molecular flexibility index (Phi) is 30.0. The van der Waals surface area contributed by atoms with E-state index in [2.05, 4.69) is 13.2 Å². The summed E-state index contributed by atoms with van der Waals surface area (Å²) in [5.41, 5.74) is 1.57. The lowest BCUT2D eigenvalue weighted by atomic mass is 9.92. The summed E-state index contributed by atoms with van der Waals surface area (Å²) in [7, 11) is 0. The summed E-state index contributed by atoms with van der Waals surface area (Å²) in [6, 6.07) is 30.6. The van der Waals surface area contributed by atoms with Gasteiger partial charge in [0, 0.05) is 33.4 Å². The molecule has 2 unspecified atom stereocenters. The molecule has 0 aliphatic carbocycles. The average Bonchev–Trinajstić information content (AvgIpc) is 3.47. The average molecular weight is 1100 g/mol. The Morgan fingerprint density at radius 3 is 1.01 bits per heavy atom. The van der Waals surface area contributed by atoms with Gasteiger partial charge in [-0.1, -0.05) is 73.8 Å². The number of ether oxygens (including phenoxy) is 14. The molecule has 2 atom stereocenters. The second-order valence-corrected chi connectivity index (χ2v) is 17.6. The maximum absolute atomic E-state index is 12.8. The van der Waals surface area contributed by atoms with E-state index in [4.69, 9.17) is 66.3 Å². The first-order valence-electron chi connectivity index (χ1n) is 25.5. The summed E-state index contributed by atoms with van der Waals surface area (Å²) in [6.45, 7) is 13.1. The molecule has 4 rings (SSSR count). The normalized spacial score (nSPS) is 11.9. The highest BCUT2D eigenvalue weighted by Gasteiger charge is 2.33. The molecule has 428 valence electrons. The Morgan fingerprint density at radius 1 is 0.392 bits per heavy atom. The molecule has 0 N–H and O–H groups in total. The Labute approximate surface area is 461 Å². The van der Waals surface area contributed by atoms with Crippen LogP contribution >= 0.6 is 0 Å². The third kappa shape index (κ3) is 26.4. The van der Waals surface area contributed by atoms with Gasteiger partial charge < -0.3 is 66.3 Å². The molecule has 0 spiro atoms. The number of esters is 4. The van der Waals surface area contributed by atoms with Gasteiger partial charge in [-0.25, -0.2) is 19.2 Å². The lowest BCUT2D eigenvalue weighted by molar-refractivity contribution is -0.167. The quantitative estimate of drug-likeness (QED) is 0.0112. The number of carbonyl (C=O) groups is 6. The first-order valence-corrected chi connectivity index (χ1v) is 25.5. The Hall–Kier alpha value is -7.14. The zero-order valence-corrected chi connectivity index (χ0v) is 45.4. The fourth-order valence-corrected chi connectivity index (χ4v) is 6.70. The number of rotatable bonds is 42. The van der Waals surface area contributed by atoms with Gasteiger partial charge in [-0.2, -0.15) is 0 Å². The molecule has 0 heterocycles. The van der Waals surface area contributed by atoms with Crippen LogP contribution in [0.4, 0.5) is 0 Å². The van der Waals surface area contributed by atoms with Crippen molar-refractivity contribution in [3.8, 4) is 11.5 Å². The zero-order valence-electron chi connectivity index (χ0n) is 45.4. The predicted molar refractivity (Wildman–Crippen MR) is 286 cm³/mol. The minimum atomic E-state index is -1.01. The topological polar surface area (TPSA) is 232 Å². The molecular formula is C59H72O20. The zero-order chi connectivity index (χ0) is 57.1. The molecule has 0 aliphatic rings. The molecule has 0 aromatic heterocycles. The molecule has 0 radical (unpaired) electrons. The summed E-state index contributed by atoms with van der Waals surface area (Å²) in [4.78, 5) is 74.2. The first kappa shape index (κ1) is 64.4. The fourth-order valence-electron chi connectivity index (χ4n) is 6.70. The summed E-state index contributed by atoms with van der Waals surface area (Å²) < 4.78 is 79.0. The van der Waals surface area contributed by atoms with Crippen LogP contribution in [-0.4, -0.2) is 167 Å². The van der Waals surface area contributed by atoms with Crippen LogP contribution in [0.3, 0.4) is 0 Å². The van der Waals surface area contributed by atoms with Crippen LogP contribution < -0.4 is 9.47 Å². The van der Waals surface area contributed by atoms with Crippen LogP contribution in [0.15, 0.2) is 133 Å². The van der Waals surface area contributed by atoms with Gasteiger partial charge in [-0.3, -0.25) is 9.59 Å². The van der Waals surface area contributed by atoms with Gasteiger partial charge in [-0.15, -0.1) is 0 Å². The van der Waals surface area contributed by atoms with Gasteiger partial charge in [0.25, 0.3) is 0 Å². The molecule has 20 heteroatoms. The van der Waals surface area contributed by atoms with Crippen LogP contribution in [-0.2, 0) is 76.0 Å². The highest BCUT2D eigenvalue weighted by molar-refractivity contribution is 6.09. The SMILES string of the molecule is C=C(C)C(=O)OCCOC(C)OCCOCC(COCCOC(=O)COc1ccc(C(=O)c2ccccc2)cc1)(COCCOC(=O)COc1ccc(C(=O)c2ccccc2)cc1)COCCOC(C)OCCOC(=O)C(=C)C. The van der Waals surface area contributed by atoms with Crippen molar-refractivity contribution in [1.29, 1.82) is 0 Å². The number of benzene rings is 4. The van der Waals surface area contributed by atoms with E-state index >= 15 is 0 Å². The molecule has 0 saturated heterocycles. The highest BCUT2D eigenvalue weighted by atomic mass is 16.7. The smallest absolute Gasteiger partial charge is 0.344 e. The van der Waals surface area contributed by atoms with Crippen molar-refractivity contribution in [3.63, 3.8) is 0 Å². The third-order valence-corrected chi connectivity index (χ3v) is 10.8. The summed E-state index contributed by atoms with van der Waals surface area (Å²) in [6.07, 6.45) is -1.31. The lowest BCUT2D eigenvalue weighted by Gasteiger charge is -2.33. The van der Waals surface area contributed by atoms with Crippen LogP contribution in [0.25, 0.3) is 0 Å². The van der Waals surface area contributed by atoms with Gasteiger partial charge in [0.1, 0.15) is 37.9 Å². The van der Waals surface area contributed by atoms with Crippen LogP contribution in [0.5, 0.6) is 11.5 Å². The van der Waals surface area contributed by atoms with Gasteiger partial charge in [0.2, 0.25) is 0 Å². The molecule has 20 nitrogen and oxygen atoms in total. The maximum atomic E-state index is 12.8. The van der Waals surface area contributed by atoms with E-state index in [1.54, 1.807) is 125 Å². The monoisotopic (exact) mass is 1100 g/mol. The number of carbonyl (C=O) groups excluding carboxylic acids is 6. The Morgan fingerprint density at radius 2 is 0.684 bits per heavy atom. The summed E-state index contributed by atoms with van der Waals surface area (Å²) >= 11 is 0. The van der Waals surface area contributed by atoms with Crippen molar-refractivity contribution in [2.24, 2.45) is 5.41 Å². The fraction of sp³-hybridized carbons (Fsp3) is 0.424. The maximum Gasteiger partial charge on any atom is 0.344 e. The van der Waals surface area contributed by atoms with Crippen LogP contribution in [0, 0.1) is 5.41 Å². The summed E-state index contributed by atoms with van der Waals surface area (Å²) in [5.74, 6) is -1.90. The molecule has 79 heavy (non-hydrogen) atoms. The molecule has 0 saturated carbocycles. The largest absolute Gasteiger partial charge is 0.482 e. The van der Waals surface area contributed by atoms with Crippen LogP contribution in [0.2, 0.25) is 0 Å². The van der Waals surface area contributed by atoms with Crippen LogP contribution in [0.1, 0.15) is 59.5 Å². The highest BCUT2D eigenvalue weighted by Crippen LogP contribution is 2.22. The molecular weight excluding hydrogens is 1030 g/mol. The standard InChI is InChI=1S/C59H72O20/c1-43(2)57(64)76-35-33-72-45(5)70-29-25-66-39-59(40-67-26-30-71-46(6)73-34-36-77-58(65)44(3)4,41-68-27-31-74-53(60)37-78-51-21-17-49(18-22-51)55(62)47-13-9-7-10-14-47)42-69-28-32-75-54(61)38-79-52-23-19-50(20-24-52)56(63)48-15-11-8-12-16-48/h7-24,45-46H,1,3,25-42H2,2,4-6H3. The second-order valence-electron chi connectivity index (χ2n) is 17.6. The molecule has 0 amide bonds. The van der Waals surface area contributed by atoms with Gasteiger partial charge in [-0.05, 0) is 76.2 Å². The van der Waals surface area contributed by atoms with Gasteiger partial charge >= 0.3 is 23.9 Å². The van der Waals surface area contributed by atoms with E-state index < -0.39 is 55.1 Å². The minimum Gasteiger partial charge on any atom is -0.482 e. The minimum absolute atomic E-state index is 0.0124. The van der Waals surface area contributed by atoms with Crippen molar-refractivity contribution >= 4 is 35.4 Å². The number of hydrogen-bond donors (Lipinski definition) is 0. The van der Waals surface area contributed by atoms with Crippen molar-refractivity contribution in [2.75, 3.05) is 119 Å². The van der Waals surface area contributed by atoms with Crippen molar-refractivity contribution in [1.82, 2.24) is 0 Å². The number of ketones is 2. The first-order chi connectivity index (χ1) is 38.1. The number of hydrogen-bond acceptors (Lipinski definition) is 20. The Bertz CT molecular complexity index is 2310. The van der Waals surface area contributed by atoms with E-state index in [0.717, 1.165) is 0 Å². The third-order valence-electron chi connectivity index (χ3n) is 10.8. The van der Waals surface area contributed by atoms with Gasteiger partial charge in [0.15, 0.2) is 37.4 Å². The van der Waals surface area contributed by atoms with E-state index in [-0.39, 0.29) is 128 Å². The van der Waals surface area contributed by atoms with Crippen molar-refractivity contribution < 1.29 is 95.1 Å². The van der Waals surface area contributed by atoms with E-state index in [9.17, 15) is 28.8 Å². The Balaban J connectivity index is 1.32. The summed E-state index contributed by atoms with van der Waals surface area (Å²) in [5, 5.41) is 0. The van der Waals surface area contributed by atoms with E-state index in [1.807, 2.05) is 12.1 Å². The second kappa shape index (κ2) is 36.9. The molecule has 0 fully saturated rings. The van der Waals surface area contributed by atoms with Crippen molar-refractivity contribution in [2.45, 2.75) is 40.3 Å². The molecule has 0 aliphatic heterocycles. The molecule has 0 bridgehead atoms.